The van der Waals surface area contributed by atoms with E-state index in [1.165, 1.54) is 58.0 Å². The van der Waals surface area contributed by atoms with Gasteiger partial charge in [0, 0.05) is 29.8 Å². The van der Waals surface area contributed by atoms with E-state index in [1.54, 1.807) is 0 Å². The fourth-order valence-electron chi connectivity index (χ4n) is 5.45. The summed E-state index contributed by atoms with van der Waals surface area (Å²) in [5, 5.41) is 50.9. The SMILES string of the molecule is CC1=C/C(=C(/c2ccccc2S(=O)(=O)O)c2cc(C)c(O)c(CN(CC(=O)O)CC(=O)O)c2C)C(C)=C(CNC(C(=O)O)C(=O)O)C1=O. The van der Waals surface area contributed by atoms with E-state index in [4.69, 9.17) is 0 Å². The number of nitrogens with one attached hydrogen (secondary N) is 1. The Balaban J connectivity index is 2.48. The Morgan fingerprint density at radius 3 is 1.98 bits per heavy atom. The lowest BCUT2D eigenvalue weighted by molar-refractivity contribution is -0.151. The van der Waals surface area contributed by atoms with Gasteiger partial charge < -0.3 is 25.5 Å². The van der Waals surface area contributed by atoms with Gasteiger partial charge in [0.15, 0.2) is 5.78 Å². The van der Waals surface area contributed by atoms with Gasteiger partial charge in [-0.25, -0.2) is 9.59 Å². The minimum absolute atomic E-state index is 0.0261. The number of Topliss-reactive ketones (excluding diaryl/α,β-unsaturated/α-hetero) is 1. The van der Waals surface area contributed by atoms with Crippen LogP contribution < -0.4 is 5.32 Å². The molecule has 2 aromatic rings. The fraction of sp³-hybridized carbons (Fsp3) is 0.281. The number of ketones is 1. The van der Waals surface area contributed by atoms with Crippen LogP contribution in [0.15, 0.2) is 63.6 Å². The number of carbonyl (C=O) groups excluding carboxylic acids is 1. The highest BCUT2D eigenvalue weighted by Gasteiger charge is 2.31. The molecule has 0 spiro atoms. The van der Waals surface area contributed by atoms with Crippen LogP contribution in [0.1, 0.15) is 41.7 Å². The van der Waals surface area contributed by atoms with Crippen LogP contribution in [-0.2, 0) is 40.6 Å². The smallest absolute Gasteiger partial charge is 0.332 e. The Hall–Kier alpha value is -5.16. The number of hydrogen-bond donors (Lipinski definition) is 7. The number of carboxylic acids is 4. The monoisotopic (exact) mass is 686 g/mol. The Morgan fingerprint density at radius 1 is 0.896 bits per heavy atom. The summed E-state index contributed by atoms with van der Waals surface area (Å²) in [5.41, 5.74) is 1.52. The number of carbonyl (C=O) groups is 5. The molecule has 0 saturated carbocycles. The summed E-state index contributed by atoms with van der Waals surface area (Å²) < 4.78 is 35.5. The molecule has 0 bridgehead atoms. The van der Waals surface area contributed by atoms with Crippen LogP contribution in [0.5, 0.6) is 5.75 Å². The molecule has 15 nitrogen and oxygen atoms in total. The van der Waals surface area contributed by atoms with E-state index in [9.17, 15) is 62.5 Å². The first kappa shape index (κ1) is 37.3. The number of nitrogens with zero attached hydrogens (tertiary/aromatic N) is 1. The highest BCUT2D eigenvalue weighted by molar-refractivity contribution is 7.86. The van der Waals surface area contributed by atoms with Crippen molar-refractivity contribution in [3.63, 3.8) is 0 Å². The van der Waals surface area contributed by atoms with E-state index in [-0.39, 0.29) is 68.0 Å². The molecule has 0 aromatic heterocycles. The summed E-state index contributed by atoms with van der Waals surface area (Å²) in [6.45, 7) is 3.75. The molecule has 0 radical (unpaired) electrons. The largest absolute Gasteiger partial charge is 0.507 e. The quantitative estimate of drug-likeness (QED) is 0.111. The van der Waals surface area contributed by atoms with E-state index in [2.05, 4.69) is 5.32 Å². The highest BCUT2D eigenvalue weighted by atomic mass is 32.2. The number of phenols is 1. The van der Waals surface area contributed by atoms with Crippen molar-refractivity contribution >= 4 is 45.4 Å². The van der Waals surface area contributed by atoms with Crippen molar-refractivity contribution in [3.8, 4) is 5.75 Å². The molecule has 7 N–H and O–H groups in total. The van der Waals surface area contributed by atoms with Crippen molar-refractivity contribution < 1.29 is 62.5 Å². The molecule has 0 amide bonds. The van der Waals surface area contributed by atoms with E-state index >= 15 is 0 Å². The van der Waals surface area contributed by atoms with Crippen LogP contribution in [0.2, 0.25) is 0 Å². The summed E-state index contributed by atoms with van der Waals surface area (Å²) in [6.07, 6.45) is 1.45. The maximum Gasteiger partial charge on any atom is 0.332 e. The Bertz CT molecular complexity index is 1890. The standard InChI is InChI=1S/C32H34N2O13S/c1-15-9-20(17(3)22(29(15)39)11-33-28(31(41)42)32(43)44)27(19-7-5-6-8-24(19)48(45,46)47)21-10-16(2)30(40)23(18(21)4)12-34(13-25(35)36)14-26(37)38/h5-10,28,33,40H,11-14H2,1-4H3,(H,35,36)(H,37,38)(H,41,42)(H,43,44)(H,45,46,47)/b27-20+. The molecule has 16 heteroatoms. The van der Waals surface area contributed by atoms with Crippen molar-refractivity contribution in [2.45, 2.75) is 45.2 Å². The third-order valence-electron chi connectivity index (χ3n) is 7.78. The summed E-state index contributed by atoms with van der Waals surface area (Å²) in [7, 11) is -4.88. The summed E-state index contributed by atoms with van der Waals surface area (Å²) in [5.74, 6) is -6.87. The number of aliphatic carboxylic acids is 4. The predicted molar refractivity (Wildman–Crippen MR) is 169 cm³/mol. The number of aromatic hydroxyl groups is 1. The van der Waals surface area contributed by atoms with Crippen molar-refractivity contribution in [1.29, 1.82) is 0 Å². The van der Waals surface area contributed by atoms with Crippen molar-refractivity contribution in [2.75, 3.05) is 19.6 Å². The lowest BCUT2D eigenvalue weighted by atomic mass is 9.80. The minimum atomic E-state index is -4.88. The van der Waals surface area contributed by atoms with Crippen LogP contribution >= 0.6 is 0 Å². The van der Waals surface area contributed by atoms with Crippen molar-refractivity contribution in [1.82, 2.24) is 10.2 Å². The number of phenolic OH excluding ortho intramolecular Hbond substituents is 1. The second-order valence-electron chi connectivity index (χ2n) is 11.1. The van der Waals surface area contributed by atoms with Gasteiger partial charge in [-0.2, -0.15) is 8.42 Å². The molecule has 0 aliphatic heterocycles. The van der Waals surface area contributed by atoms with E-state index in [0.717, 1.165) is 11.0 Å². The maximum atomic E-state index is 13.3. The third kappa shape index (κ3) is 8.21. The first-order chi connectivity index (χ1) is 22.3. The first-order valence-corrected chi connectivity index (χ1v) is 15.6. The van der Waals surface area contributed by atoms with E-state index < -0.39 is 70.4 Å². The zero-order valence-electron chi connectivity index (χ0n) is 26.3. The van der Waals surface area contributed by atoms with Gasteiger partial charge in [0.1, 0.15) is 10.6 Å². The summed E-state index contributed by atoms with van der Waals surface area (Å²) >= 11 is 0. The Kier molecular flexibility index (Phi) is 11.4. The molecule has 0 atom stereocenters. The van der Waals surface area contributed by atoms with Crippen LogP contribution in [0.4, 0.5) is 0 Å². The molecule has 2 aromatic carbocycles. The number of aryl methyl sites for hydroxylation is 1. The van der Waals surface area contributed by atoms with Crippen LogP contribution in [0, 0.1) is 13.8 Å². The molecule has 1 aliphatic carbocycles. The number of allylic oxidation sites excluding steroid dienone is 4. The zero-order valence-corrected chi connectivity index (χ0v) is 27.1. The number of hydrogen-bond acceptors (Lipinski definition) is 10. The van der Waals surface area contributed by atoms with Gasteiger partial charge in [-0.3, -0.25) is 29.2 Å². The van der Waals surface area contributed by atoms with Crippen LogP contribution in [-0.4, -0.2) is 98.7 Å². The van der Waals surface area contributed by atoms with Crippen LogP contribution in [0.25, 0.3) is 5.57 Å². The third-order valence-corrected chi connectivity index (χ3v) is 8.69. The predicted octanol–water partition coefficient (Wildman–Crippen LogP) is 2.00. The molecule has 0 fully saturated rings. The van der Waals surface area contributed by atoms with Gasteiger partial charge in [-0.1, -0.05) is 18.2 Å². The molecular weight excluding hydrogens is 652 g/mol. The molecule has 0 heterocycles. The lowest BCUT2D eigenvalue weighted by Crippen LogP contribution is -2.45. The maximum absolute atomic E-state index is 13.3. The van der Waals surface area contributed by atoms with E-state index in [0.29, 0.717) is 0 Å². The topological polar surface area (TPSA) is 256 Å². The molecule has 1 aliphatic rings. The van der Waals surface area contributed by atoms with Gasteiger partial charge in [0.2, 0.25) is 6.04 Å². The first-order valence-electron chi connectivity index (χ1n) is 14.2. The Morgan fingerprint density at radius 2 is 1.46 bits per heavy atom. The normalized spacial score (nSPS) is 14.7. The molecule has 256 valence electrons. The minimum Gasteiger partial charge on any atom is -0.507 e. The molecule has 48 heavy (non-hydrogen) atoms. The molecular formula is C32H34N2O13S. The molecule has 0 saturated heterocycles. The second kappa shape index (κ2) is 14.7. The van der Waals surface area contributed by atoms with E-state index in [1.807, 2.05) is 0 Å². The number of carboxylic acid groups (broad SMARTS) is 4. The highest BCUT2D eigenvalue weighted by Crippen LogP contribution is 2.42. The Labute approximate surface area is 274 Å². The summed E-state index contributed by atoms with van der Waals surface area (Å²) in [6, 6.07) is 4.85. The van der Waals surface area contributed by atoms with Gasteiger partial charge in [0.05, 0.1) is 13.1 Å². The van der Waals surface area contributed by atoms with Crippen LogP contribution in [0.3, 0.4) is 0 Å². The average molecular weight is 687 g/mol. The van der Waals surface area contributed by atoms with Gasteiger partial charge in [-0.05, 0) is 84.9 Å². The lowest BCUT2D eigenvalue weighted by Gasteiger charge is -2.27. The number of rotatable bonds is 14. The van der Waals surface area contributed by atoms with Gasteiger partial charge >= 0.3 is 23.9 Å². The molecule has 3 rings (SSSR count). The van der Waals surface area contributed by atoms with Crippen molar-refractivity contribution in [3.05, 3.63) is 86.5 Å². The number of benzene rings is 2. The van der Waals surface area contributed by atoms with Gasteiger partial charge in [0.25, 0.3) is 10.1 Å². The second-order valence-corrected chi connectivity index (χ2v) is 12.5. The average Bonchev–Trinajstić information content (AvgIpc) is 2.96. The van der Waals surface area contributed by atoms with Crippen molar-refractivity contribution in [2.24, 2.45) is 0 Å². The van der Waals surface area contributed by atoms with Gasteiger partial charge in [-0.15, -0.1) is 0 Å². The zero-order chi connectivity index (χ0) is 36.2. The summed E-state index contributed by atoms with van der Waals surface area (Å²) in [4.78, 5) is 59.9. The molecule has 0 unspecified atom stereocenters. The fourth-order valence-corrected chi connectivity index (χ4v) is 6.15.